The maximum absolute atomic E-state index is 14.5. The Labute approximate surface area is 458 Å². The highest BCUT2D eigenvalue weighted by atomic mass is 32.1. The number of rotatable bonds is 4. The second kappa shape index (κ2) is 21.0. The molecule has 1 aromatic carbocycles. The Hall–Kier alpha value is -8.10. The molecule has 8 aromatic rings. The van der Waals surface area contributed by atoms with Crippen molar-refractivity contribution in [2.24, 2.45) is 5.73 Å². The number of aliphatic hydroxyl groups excluding tert-OH is 1. The molecule has 6 unspecified atom stereocenters. The fourth-order valence-corrected chi connectivity index (χ4v) is 13.2. The van der Waals surface area contributed by atoms with E-state index in [9.17, 15) is 49.0 Å². The van der Waals surface area contributed by atoms with Crippen molar-refractivity contribution in [2.45, 2.75) is 56.6 Å². The smallest absolute Gasteiger partial charge is 0.358 e. The maximum Gasteiger partial charge on any atom is 0.358 e. The number of carbonyl (C=O) groups is 7. The van der Waals surface area contributed by atoms with Gasteiger partial charge in [0.2, 0.25) is 5.91 Å². The van der Waals surface area contributed by atoms with Gasteiger partial charge >= 0.3 is 11.9 Å². The Balaban J connectivity index is 1.09. The number of aromatic nitrogens is 6. The number of amides is 5. The van der Waals surface area contributed by atoms with Crippen LogP contribution in [-0.2, 0) is 41.8 Å². The topological polar surface area (TPSA) is 361 Å². The molecule has 0 fully saturated rings. The van der Waals surface area contributed by atoms with Crippen LogP contribution in [0.3, 0.4) is 0 Å². The molecule has 11 rings (SSSR count). The van der Waals surface area contributed by atoms with Gasteiger partial charge in [0.1, 0.15) is 91.3 Å². The number of esters is 2. The van der Waals surface area contributed by atoms with E-state index in [2.05, 4.69) is 36.2 Å². The van der Waals surface area contributed by atoms with Gasteiger partial charge in [-0.15, -0.1) is 56.7 Å². The molecule has 3 aliphatic rings. The Morgan fingerprint density at radius 1 is 0.821 bits per heavy atom. The van der Waals surface area contributed by atoms with Crippen LogP contribution in [0.15, 0.2) is 57.2 Å². The molecule has 0 aliphatic carbocycles. The largest absolute Gasteiger partial charge is 0.506 e. The van der Waals surface area contributed by atoms with Gasteiger partial charge in [-0.1, -0.05) is 12.1 Å². The van der Waals surface area contributed by atoms with E-state index < -0.39 is 116 Å². The van der Waals surface area contributed by atoms with E-state index >= 15 is 0 Å². The van der Waals surface area contributed by atoms with Crippen molar-refractivity contribution in [3.8, 4) is 38.4 Å². The zero-order chi connectivity index (χ0) is 54.7. The number of primary amides is 1. The minimum atomic E-state index is -2.13. The van der Waals surface area contributed by atoms with Gasteiger partial charge in [-0.3, -0.25) is 24.0 Å². The average molecular weight is 1150 g/mol. The predicted molar refractivity (Wildman–Crippen MR) is 278 cm³/mol. The van der Waals surface area contributed by atoms with Crippen LogP contribution in [0.25, 0.3) is 43.6 Å². The molecule has 10 heterocycles. The van der Waals surface area contributed by atoms with E-state index in [4.69, 9.17) is 34.6 Å². The van der Waals surface area contributed by atoms with E-state index in [1.54, 1.807) is 24.4 Å². The number of fused-ring (bicyclic) bond motifs is 15. The molecule has 78 heavy (non-hydrogen) atoms. The number of ether oxygens (including phenoxy) is 4. The lowest BCUT2D eigenvalue weighted by atomic mass is 10.0. The number of nitrogens with two attached hydrogens (primary N) is 1. The molecular weight excluding hydrogens is 1110 g/mol. The average Bonchev–Trinajstić information content (AvgIpc) is 4.49. The zero-order valence-electron chi connectivity index (χ0n) is 40.2. The number of aliphatic hydroxyl groups is 1. The molecular formula is C48H39N11O14S5. The van der Waals surface area contributed by atoms with Crippen molar-refractivity contribution in [1.82, 2.24) is 50.9 Å². The second-order valence-corrected chi connectivity index (χ2v) is 22.0. The molecule has 5 amide bonds. The van der Waals surface area contributed by atoms with E-state index in [1.165, 1.54) is 46.8 Å². The number of nitrogens with zero attached hydrogens (tertiary/aromatic N) is 6. The monoisotopic (exact) mass is 1150 g/mol. The van der Waals surface area contributed by atoms with Crippen LogP contribution >= 0.6 is 56.7 Å². The summed E-state index contributed by atoms with van der Waals surface area (Å²) in [5.74, 6) is -6.43. The van der Waals surface area contributed by atoms with Crippen molar-refractivity contribution in [1.29, 1.82) is 0 Å². The van der Waals surface area contributed by atoms with E-state index in [0.29, 0.717) is 15.2 Å². The molecule has 7 aromatic heterocycles. The fraction of sp³-hybridized carbons (Fsp3) is 0.250. The lowest BCUT2D eigenvalue weighted by molar-refractivity contribution is -0.166. The van der Waals surface area contributed by atoms with Crippen molar-refractivity contribution in [3.63, 3.8) is 0 Å². The summed E-state index contributed by atoms with van der Waals surface area (Å²) in [7, 11) is 1.42. The maximum atomic E-state index is 14.5. The molecule has 25 nitrogen and oxygen atoms in total. The van der Waals surface area contributed by atoms with Crippen LogP contribution in [0.2, 0.25) is 0 Å². The summed E-state index contributed by atoms with van der Waals surface area (Å²) in [6.45, 7) is -0.439. The molecule has 0 spiro atoms. The van der Waals surface area contributed by atoms with E-state index in [-0.39, 0.29) is 81.8 Å². The Kier molecular flexibility index (Phi) is 14.0. The second-order valence-electron chi connectivity index (χ2n) is 17.6. The third-order valence-electron chi connectivity index (χ3n) is 12.8. The van der Waals surface area contributed by atoms with Gasteiger partial charge in [-0.2, -0.15) is 4.73 Å². The number of carbonyl (C=O) groups excluding carboxylic acids is 7. The number of aromatic hydroxyl groups is 1. The molecule has 0 saturated carbocycles. The predicted octanol–water partition coefficient (Wildman–Crippen LogP) is 4.02. The summed E-state index contributed by atoms with van der Waals surface area (Å²) in [4.78, 5) is 120. The van der Waals surface area contributed by atoms with E-state index in [1.807, 2.05) is 0 Å². The quantitative estimate of drug-likeness (QED) is 0.0911. The summed E-state index contributed by atoms with van der Waals surface area (Å²) in [6.07, 6.45) is -4.55. The van der Waals surface area contributed by atoms with Gasteiger partial charge in [0.05, 0.1) is 36.4 Å². The molecule has 6 atom stereocenters. The summed E-state index contributed by atoms with van der Waals surface area (Å²) in [5.41, 5.74) is 5.53. The third-order valence-corrected chi connectivity index (χ3v) is 17.4. The summed E-state index contributed by atoms with van der Waals surface area (Å²) < 4.78 is 24.1. The van der Waals surface area contributed by atoms with Crippen LogP contribution in [0.4, 0.5) is 0 Å². The molecule has 0 saturated heterocycles. The van der Waals surface area contributed by atoms with Crippen molar-refractivity contribution >= 4 is 109 Å². The third kappa shape index (κ3) is 9.71. The summed E-state index contributed by atoms with van der Waals surface area (Å²) in [6, 6.07) is 3.82. The summed E-state index contributed by atoms with van der Waals surface area (Å²) in [5, 5.41) is 54.1. The first-order valence-corrected chi connectivity index (χ1v) is 27.6. The number of thiazole rings is 4. The zero-order valence-corrected chi connectivity index (χ0v) is 44.3. The minimum Gasteiger partial charge on any atom is -0.506 e. The van der Waals surface area contributed by atoms with Crippen molar-refractivity contribution < 1.29 is 67.9 Å². The summed E-state index contributed by atoms with van der Waals surface area (Å²) >= 11 is 4.97. The van der Waals surface area contributed by atoms with Crippen LogP contribution in [-0.4, -0.2) is 125 Å². The van der Waals surface area contributed by atoms with Gasteiger partial charge in [0, 0.05) is 55.4 Å². The number of hydrogen-bond acceptors (Lipinski definition) is 24. The SMILES string of the molecule is COC(C)C1NC(=O)CNC(=O)c2csc(n2)-c2cc(O)c(-c3nc(C(N)=O)cs3)nc2-c2csc(n2)C2COC(=O)c3c4c5c(cccc5n3O)COC(=O)C(O)C(OC4)C(NC(=O)c3csc1c3)c1nc(cs1)C(=O)N2. The van der Waals surface area contributed by atoms with Crippen molar-refractivity contribution in [2.75, 3.05) is 20.3 Å². The van der Waals surface area contributed by atoms with Gasteiger partial charge in [0.25, 0.3) is 23.6 Å². The first kappa shape index (κ1) is 52.0. The van der Waals surface area contributed by atoms with Crippen LogP contribution < -0.4 is 27.0 Å². The molecule has 400 valence electrons. The van der Waals surface area contributed by atoms with Gasteiger partial charge in [-0.05, 0) is 30.7 Å². The Bertz CT molecular complexity index is 3770. The molecule has 30 heteroatoms. The number of benzene rings is 1. The lowest BCUT2D eigenvalue weighted by Gasteiger charge is -2.30. The first-order chi connectivity index (χ1) is 37.5. The van der Waals surface area contributed by atoms with E-state index in [0.717, 1.165) is 56.7 Å². The first-order valence-electron chi connectivity index (χ1n) is 23.2. The van der Waals surface area contributed by atoms with Crippen LogP contribution in [0.5, 0.6) is 5.75 Å². The normalized spacial score (nSPS) is 20.6. The molecule has 9 N–H and O–H groups in total. The number of hydrogen-bond donors (Lipinski definition) is 8. The fourth-order valence-electron chi connectivity index (χ4n) is 8.78. The molecule has 12 bridgehead atoms. The van der Waals surface area contributed by atoms with Crippen molar-refractivity contribution in [3.05, 3.63) is 112 Å². The number of pyridine rings is 1. The van der Waals surface area contributed by atoms with Gasteiger partial charge < -0.3 is 61.4 Å². The number of thiophene rings is 1. The lowest BCUT2D eigenvalue weighted by Crippen LogP contribution is -2.47. The standard InChI is InChI=1S/C48H39N11O14S5/c1-17(70-2)32-29-6-19(12-74-29)40(64)58-35-38-37(62)48(68)72-9-18-4-3-5-27-31(18)21(10-71-38)36(59(27)69)47(67)73-11-22(51-42(66)26-16-78-46(35)55-26)44-52-23(13-76-44)33-20(43-54-25(15-75-43)41(65)50-8-30(61)56-32)7-28(60)34(57-33)45-53-24(14-77-45)39(49)63/h3-7,12-17,22,32,35,37-38,60,62,69H,8-11H2,1-2H3,(H2,49,63)(H,50,65)(H,51,66)(H,56,61)(H,58,64). The Morgan fingerprint density at radius 3 is 2.37 bits per heavy atom. The minimum absolute atomic E-state index is 0.0180. The molecule has 3 aliphatic heterocycles. The van der Waals surface area contributed by atoms with Gasteiger partial charge in [0.15, 0.2) is 11.8 Å². The Morgan fingerprint density at radius 2 is 1.58 bits per heavy atom. The van der Waals surface area contributed by atoms with Crippen LogP contribution in [0, 0.1) is 0 Å². The number of cyclic esters (lactones) is 2. The molecule has 0 radical (unpaired) electrons. The number of nitrogens with one attached hydrogen (secondary N) is 4. The highest BCUT2D eigenvalue weighted by Gasteiger charge is 2.42. The highest BCUT2D eigenvalue weighted by Crippen LogP contribution is 2.42. The van der Waals surface area contributed by atoms with Gasteiger partial charge in [-0.25, -0.2) is 34.5 Å². The number of methoxy groups -OCH3 is 1. The highest BCUT2D eigenvalue weighted by molar-refractivity contribution is 7.14. The van der Waals surface area contributed by atoms with Crippen LogP contribution in [0.1, 0.15) is 103 Å².